The second-order valence-corrected chi connectivity index (χ2v) is 11.0. The first-order chi connectivity index (χ1) is 15.0. The van der Waals surface area contributed by atoms with Crippen LogP contribution in [0, 0.1) is 4.77 Å². The molecule has 0 aliphatic rings. The minimum atomic E-state index is -4.05. The van der Waals surface area contributed by atoms with E-state index >= 15 is 0 Å². The van der Waals surface area contributed by atoms with Crippen molar-refractivity contribution in [3.63, 3.8) is 0 Å². The lowest BCUT2D eigenvalue weighted by Crippen LogP contribution is -2.12. The van der Waals surface area contributed by atoms with Gasteiger partial charge in [-0.2, -0.15) is 13.5 Å². The van der Waals surface area contributed by atoms with Crippen molar-refractivity contribution in [1.82, 2.24) is 14.8 Å². The van der Waals surface area contributed by atoms with Gasteiger partial charge < -0.3 is 9.92 Å². The highest BCUT2D eigenvalue weighted by molar-refractivity contribution is 7.91. The van der Waals surface area contributed by atoms with Crippen molar-refractivity contribution in [1.29, 1.82) is 0 Å². The molecule has 0 saturated carbocycles. The van der Waals surface area contributed by atoms with E-state index in [1.165, 1.54) is 12.1 Å². The second-order valence-electron chi connectivity index (χ2n) is 7.10. The third kappa shape index (κ3) is 3.99. The van der Waals surface area contributed by atoms with Crippen molar-refractivity contribution in [2.75, 3.05) is 18.2 Å². The van der Waals surface area contributed by atoms with Crippen molar-refractivity contribution in [2.24, 2.45) is 0 Å². The van der Waals surface area contributed by atoms with Crippen LogP contribution >= 0.6 is 12.2 Å². The van der Waals surface area contributed by atoms with Crippen LogP contribution in [0.4, 0.5) is 5.69 Å². The maximum absolute atomic E-state index is 12.1. The predicted molar refractivity (Wildman–Crippen MR) is 125 cm³/mol. The van der Waals surface area contributed by atoms with Gasteiger partial charge in [0.25, 0.3) is 0 Å². The second kappa shape index (κ2) is 7.73. The molecule has 1 heterocycles. The molecule has 0 saturated heterocycles. The van der Waals surface area contributed by atoms with Crippen LogP contribution in [-0.4, -0.2) is 44.1 Å². The van der Waals surface area contributed by atoms with Crippen molar-refractivity contribution >= 4 is 48.6 Å². The van der Waals surface area contributed by atoms with Crippen molar-refractivity contribution in [3.05, 3.63) is 59.4 Å². The topological polar surface area (TPSA) is 137 Å². The third-order valence-corrected chi connectivity index (χ3v) is 6.61. The van der Waals surface area contributed by atoms with Crippen LogP contribution in [-0.2, 0) is 20.0 Å². The standard InChI is InChI=1S/C20H18N4O5S3/c1-31(25,26)16-11-10-14(18(17(16)21)29-32(2,27)28)19-22-23-20(30)24(19)15-9-5-7-12-6-3-4-8-13(12)15/h3-11H,21H2,1-2H3,(H,23,30). The third-order valence-electron chi connectivity index (χ3n) is 4.71. The first kappa shape index (κ1) is 22.0. The number of nitrogens with two attached hydrogens (primary N) is 1. The molecule has 0 aliphatic carbocycles. The number of hydrogen-bond donors (Lipinski definition) is 2. The fraction of sp³-hybridized carbons (Fsp3) is 0.100. The molecule has 0 amide bonds. The van der Waals surface area contributed by atoms with Gasteiger partial charge in [0.1, 0.15) is 0 Å². The first-order valence-corrected chi connectivity index (χ1v) is 13.3. The van der Waals surface area contributed by atoms with Gasteiger partial charge in [-0.15, -0.1) is 0 Å². The molecule has 3 aromatic carbocycles. The van der Waals surface area contributed by atoms with Crippen molar-refractivity contribution in [2.45, 2.75) is 4.90 Å². The summed E-state index contributed by atoms with van der Waals surface area (Å²) in [5, 5.41) is 8.80. The summed E-state index contributed by atoms with van der Waals surface area (Å²) in [5.41, 5.74) is 6.56. The summed E-state index contributed by atoms with van der Waals surface area (Å²) >= 11 is 5.45. The minimum absolute atomic E-state index is 0.153. The van der Waals surface area contributed by atoms with Crippen LogP contribution in [0.5, 0.6) is 5.75 Å². The van der Waals surface area contributed by atoms with Gasteiger partial charge in [0.05, 0.1) is 28.1 Å². The zero-order valence-electron chi connectivity index (χ0n) is 16.9. The smallest absolute Gasteiger partial charge is 0.306 e. The van der Waals surface area contributed by atoms with Crippen molar-refractivity contribution in [3.8, 4) is 22.8 Å². The SMILES string of the molecule is CS(=O)(=O)Oc1c(-c2n[nH]c(=S)n2-c2cccc3ccccc23)ccc(S(C)(=O)=O)c1N. The fourth-order valence-electron chi connectivity index (χ4n) is 3.43. The van der Waals surface area contributed by atoms with E-state index in [9.17, 15) is 16.8 Å². The molecular formula is C20H18N4O5S3. The van der Waals surface area contributed by atoms with Crippen LogP contribution in [0.2, 0.25) is 0 Å². The monoisotopic (exact) mass is 490 g/mol. The first-order valence-electron chi connectivity index (χ1n) is 9.15. The van der Waals surface area contributed by atoms with Gasteiger partial charge in [0, 0.05) is 11.6 Å². The summed E-state index contributed by atoms with van der Waals surface area (Å²) < 4.78 is 55.1. The van der Waals surface area contributed by atoms with Gasteiger partial charge in [-0.05, 0) is 35.8 Å². The highest BCUT2D eigenvalue weighted by Crippen LogP contribution is 2.40. The van der Waals surface area contributed by atoms with Crippen molar-refractivity contribution < 1.29 is 21.0 Å². The number of nitrogen functional groups attached to an aromatic ring is 1. The molecule has 32 heavy (non-hydrogen) atoms. The average molecular weight is 491 g/mol. The summed E-state index contributed by atoms with van der Waals surface area (Å²) in [6.07, 6.45) is 1.81. The summed E-state index contributed by atoms with van der Waals surface area (Å²) in [5.74, 6) is -0.136. The largest absolute Gasteiger partial charge is 0.395 e. The number of hydrogen-bond acceptors (Lipinski definition) is 8. The molecule has 0 aliphatic heterocycles. The number of aromatic nitrogens is 3. The van der Waals surface area contributed by atoms with E-state index in [-0.39, 0.29) is 32.5 Å². The lowest BCUT2D eigenvalue weighted by atomic mass is 10.1. The van der Waals surface area contributed by atoms with Gasteiger partial charge in [-0.3, -0.25) is 9.67 Å². The number of rotatable bonds is 5. The Hall–Kier alpha value is -3.22. The van der Waals surface area contributed by atoms with Crippen LogP contribution in [0.1, 0.15) is 0 Å². The van der Waals surface area contributed by atoms with Gasteiger partial charge in [-0.25, -0.2) is 8.42 Å². The molecule has 0 atom stereocenters. The Morgan fingerprint density at radius 3 is 2.38 bits per heavy atom. The van der Waals surface area contributed by atoms with Gasteiger partial charge in [0.15, 0.2) is 26.2 Å². The highest BCUT2D eigenvalue weighted by Gasteiger charge is 2.25. The molecule has 4 aromatic rings. The molecule has 0 fully saturated rings. The molecule has 0 bridgehead atoms. The van der Waals surface area contributed by atoms with E-state index < -0.39 is 20.0 Å². The van der Waals surface area contributed by atoms with E-state index in [0.717, 1.165) is 23.3 Å². The molecule has 166 valence electrons. The summed E-state index contributed by atoms with van der Waals surface area (Å²) in [7, 11) is -7.80. The van der Waals surface area contributed by atoms with E-state index in [1.54, 1.807) is 4.57 Å². The lowest BCUT2D eigenvalue weighted by Gasteiger charge is -2.16. The highest BCUT2D eigenvalue weighted by atomic mass is 32.2. The quantitative estimate of drug-likeness (QED) is 0.247. The maximum atomic E-state index is 12.1. The average Bonchev–Trinajstić information content (AvgIpc) is 3.08. The number of benzene rings is 3. The van der Waals surface area contributed by atoms with Gasteiger partial charge in [0.2, 0.25) is 0 Å². The predicted octanol–water partition coefficient (Wildman–Crippen LogP) is 3.07. The summed E-state index contributed by atoms with van der Waals surface area (Å²) in [4.78, 5) is -0.259. The fourth-order valence-corrected chi connectivity index (χ4v) is 4.95. The number of nitrogens with one attached hydrogen (secondary N) is 1. The van der Waals surface area contributed by atoms with Crippen LogP contribution in [0.15, 0.2) is 59.5 Å². The summed E-state index contributed by atoms with van der Waals surface area (Å²) in [6.45, 7) is 0. The Morgan fingerprint density at radius 1 is 1.00 bits per heavy atom. The Bertz CT molecular complexity index is 1630. The minimum Gasteiger partial charge on any atom is -0.395 e. The number of aromatic amines is 1. The molecule has 0 unspecified atom stereocenters. The zero-order valence-corrected chi connectivity index (χ0v) is 19.4. The maximum Gasteiger partial charge on any atom is 0.306 e. The molecule has 9 nitrogen and oxygen atoms in total. The summed E-state index contributed by atoms with van der Waals surface area (Å²) in [6, 6.07) is 15.9. The number of sulfone groups is 1. The number of fused-ring (bicyclic) bond motifs is 1. The molecule has 0 spiro atoms. The molecule has 4 rings (SSSR count). The number of nitrogens with zero attached hydrogens (tertiary/aromatic N) is 2. The Balaban J connectivity index is 2.07. The number of H-pyrrole nitrogens is 1. The molecule has 0 radical (unpaired) electrons. The Labute approximate surface area is 189 Å². The molecular weight excluding hydrogens is 472 g/mol. The molecule has 3 N–H and O–H groups in total. The van der Waals surface area contributed by atoms with Gasteiger partial charge in [-0.1, -0.05) is 36.4 Å². The van der Waals surface area contributed by atoms with Crippen LogP contribution in [0.3, 0.4) is 0 Å². The Morgan fingerprint density at radius 2 is 1.69 bits per heavy atom. The van der Waals surface area contributed by atoms with E-state index in [4.69, 9.17) is 22.1 Å². The Kier molecular flexibility index (Phi) is 5.31. The van der Waals surface area contributed by atoms with Gasteiger partial charge >= 0.3 is 10.1 Å². The lowest BCUT2D eigenvalue weighted by molar-refractivity contribution is 0.493. The normalized spacial score (nSPS) is 12.2. The number of anilines is 1. The molecule has 12 heteroatoms. The molecule has 1 aromatic heterocycles. The zero-order chi connectivity index (χ0) is 23.3. The van der Waals surface area contributed by atoms with E-state index in [0.29, 0.717) is 5.69 Å². The van der Waals surface area contributed by atoms with Crippen LogP contribution in [0.25, 0.3) is 27.8 Å². The van der Waals surface area contributed by atoms with E-state index in [2.05, 4.69) is 10.2 Å². The van der Waals surface area contributed by atoms with E-state index in [1.807, 2.05) is 42.5 Å². The van der Waals surface area contributed by atoms with Crippen LogP contribution < -0.4 is 9.92 Å².